The summed E-state index contributed by atoms with van der Waals surface area (Å²) < 4.78 is 0. The van der Waals surface area contributed by atoms with Crippen LogP contribution in [0.3, 0.4) is 0 Å². The Morgan fingerprint density at radius 2 is 1.00 bits per heavy atom. The van der Waals surface area contributed by atoms with E-state index in [2.05, 4.69) is 79.5 Å². The molecular weight excluding hydrogens is 348 g/mol. The van der Waals surface area contributed by atoms with Crippen LogP contribution in [0.2, 0.25) is 0 Å². The summed E-state index contributed by atoms with van der Waals surface area (Å²) in [4.78, 5) is 2.43. The summed E-state index contributed by atoms with van der Waals surface area (Å²) in [6.07, 6.45) is 5.98. The van der Waals surface area contributed by atoms with Gasteiger partial charge in [0.05, 0.1) is 12.2 Å². The van der Waals surface area contributed by atoms with Crippen LogP contribution < -0.4 is 5.32 Å². The summed E-state index contributed by atoms with van der Waals surface area (Å²) >= 11 is 0. The number of aliphatic hydroxyl groups is 2. The van der Waals surface area contributed by atoms with Gasteiger partial charge >= 0.3 is 0 Å². The van der Waals surface area contributed by atoms with Crippen molar-refractivity contribution in [1.29, 1.82) is 0 Å². The molecule has 0 radical (unpaired) electrons. The average molecular weight is 401 g/mol. The van der Waals surface area contributed by atoms with Crippen LogP contribution in [0.25, 0.3) is 0 Å². The van der Waals surface area contributed by atoms with E-state index in [0.29, 0.717) is 11.5 Å². The molecule has 0 aromatic heterocycles. The normalized spacial score (nSPS) is 25.3. The van der Waals surface area contributed by atoms with Gasteiger partial charge in [0.25, 0.3) is 0 Å². The average Bonchev–Trinajstić information content (AvgIpc) is 2.47. The van der Waals surface area contributed by atoms with E-state index in [0.717, 1.165) is 51.6 Å². The molecular formula is C24H52N2O2. The van der Waals surface area contributed by atoms with Gasteiger partial charge in [-0.15, -0.1) is 0 Å². The zero-order valence-electron chi connectivity index (χ0n) is 20.7. The highest BCUT2D eigenvalue weighted by molar-refractivity contribution is 4.82. The fourth-order valence-electron chi connectivity index (χ4n) is 3.37. The maximum absolute atomic E-state index is 9.30. The van der Waals surface area contributed by atoms with E-state index < -0.39 is 0 Å². The Morgan fingerprint density at radius 1 is 0.643 bits per heavy atom. The highest BCUT2D eigenvalue weighted by atomic mass is 16.3. The fraction of sp³-hybridized carbons (Fsp3) is 1.00. The molecule has 1 aliphatic heterocycles. The Kier molecular flexibility index (Phi) is 11.8. The topological polar surface area (TPSA) is 55.7 Å². The third-order valence-electron chi connectivity index (χ3n) is 4.75. The largest absolute Gasteiger partial charge is 0.393 e. The predicted octanol–water partition coefficient (Wildman–Crippen LogP) is 4.97. The lowest BCUT2D eigenvalue weighted by Gasteiger charge is -2.39. The second-order valence-electron chi connectivity index (χ2n) is 12.3. The molecule has 3 N–H and O–H groups in total. The van der Waals surface area contributed by atoms with Crippen LogP contribution in [0.5, 0.6) is 0 Å². The number of nitrogens with one attached hydrogen (secondary N) is 1. The monoisotopic (exact) mass is 400 g/mol. The van der Waals surface area contributed by atoms with Crippen molar-refractivity contribution in [2.24, 2.45) is 5.41 Å². The third-order valence-corrected chi connectivity index (χ3v) is 4.75. The lowest BCUT2D eigenvalue weighted by molar-refractivity contribution is 0.0378. The SMILES string of the molecule is CC(C)(C)C.CC(C)(C)N1CCC(O)CC1.CC(C)(C)NC1CCC(O)CC1. The van der Waals surface area contributed by atoms with Gasteiger partial charge < -0.3 is 15.5 Å². The number of hydrogen-bond acceptors (Lipinski definition) is 4. The second-order valence-corrected chi connectivity index (χ2v) is 12.3. The molecule has 0 amide bonds. The molecule has 2 fully saturated rings. The molecule has 2 aliphatic rings. The minimum absolute atomic E-state index is 0.0389. The van der Waals surface area contributed by atoms with Crippen molar-refractivity contribution in [2.45, 2.75) is 137 Å². The molecule has 1 saturated carbocycles. The molecule has 0 spiro atoms. The van der Waals surface area contributed by atoms with Gasteiger partial charge in [-0.1, -0.05) is 27.7 Å². The van der Waals surface area contributed by atoms with E-state index in [1.165, 1.54) is 0 Å². The molecule has 170 valence electrons. The van der Waals surface area contributed by atoms with E-state index in [-0.39, 0.29) is 23.3 Å². The Morgan fingerprint density at radius 3 is 1.32 bits per heavy atom. The molecule has 0 aromatic rings. The summed E-state index contributed by atoms with van der Waals surface area (Å²) in [5.74, 6) is 0. The fourth-order valence-corrected chi connectivity index (χ4v) is 3.37. The van der Waals surface area contributed by atoms with Gasteiger partial charge in [-0.25, -0.2) is 0 Å². The molecule has 0 bridgehead atoms. The number of aliphatic hydroxyl groups excluding tert-OH is 2. The molecule has 0 atom stereocenters. The van der Waals surface area contributed by atoms with Crippen LogP contribution in [-0.4, -0.2) is 57.5 Å². The smallest absolute Gasteiger partial charge is 0.0564 e. The second kappa shape index (κ2) is 11.9. The molecule has 1 saturated heterocycles. The Balaban J connectivity index is 0.000000424. The van der Waals surface area contributed by atoms with E-state index in [1.54, 1.807) is 0 Å². The maximum atomic E-state index is 9.30. The lowest BCUT2D eigenvalue weighted by Crippen LogP contribution is -2.47. The summed E-state index contributed by atoms with van der Waals surface area (Å²) in [6, 6.07) is 0.619. The van der Waals surface area contributed by atoms with E-state index in [1.807, 2.05) is 0 Å². The van der Waals surface area contributed by atoms with Crippen molar-refractivity contribution < 1.29 is 10.2 Å². The minimum Gasteiger partial charge on any atom is -0.393 e. The zero-order chi connectivity index (χ0) is 22.2. The van der Waals surface area contributed by atoms with Crippen molar-refractivity contribution in [3.8, 4) is 0 Å². The first-order valence-corrected chi connectivity index (χ1v) is 11.4. The molecule has 1 aliphatic carbocycles. The van der Waals surface area contributed by atoms with Crippen molar-refractivity contribution in [3.05, 3.63) is 0 Å². The number of likely N-dealkylation sites (tertiary alicyclic amines) is 1. The summed E-state index contributed by atoms with van der Waals surface area (Å²) in [5, 5.41) is 22.1. The van der Waals surface area contributed by atoms with Crippen LogP contribution >= 0.6 is 0 Å². The van der Waals surface area contributed by atoms with Crippen molar-refractivity contribution in [3.63, 3.8) is 0 Å². The quantitative estimate of drug-likeness (QED) is 0.581. The van der Waals surface area contributed by atoms with Crippen LogP contribution in [0.4, 0.5) is 0 Å². The lowest BCUT2D eigenvalue weighted by atomic mass is 9.91. The summed E-state index contributed by atoms with van der Waals surface area (Å²) in [6.45, 7) is 24.1. The summed E-state index contributed by atoms with van der Waals surface area (Å²) in [5.41, 5.74) is 0.993. The molecule has 28 heavy (non-hydrogen) atoms. The van der Waals surface area contributed by atoms with Gasteiger partial charge in [-0.2, -0.15) is 0 Å². The highest BCUT2D eigenvalue weighted by Crippen LogP contribution is 2.20. The molecule has 0 unspecified atom stereocenters. The molecule has 1 heterocycles. The molecule has 0 aromatic carbocycles. The number of hydrogen-bond donors (Lipinski definition) is 3. The Hall–Kier alpha value is -0.160. The Bertz CT molecular complexity index is 382. The Labute approximate surface area is 176 Å². The first-order chi connectivity index (χ1) is 12.5. The minimum atomic E-state index is -0.0476. The van der Waals surface area contributed by atoms with Gasteiger partial charge in [0.2, 0.25) is 0 Å². The highest BCUT2D eigenvalue weighted by Gasteiger charge is 2.25. The zero-order valence-corrected chi connectivity index (χ0v) is 20.7. The van der Waals surface area contributed by atoms with E-state index in [4.69, 9.17) is 0 Å². The van der Waals surface area contributed by atoms with Gasteiger partial charge in [0.15, 0.2) is 0 Å². The van der Waals surface area contributed by atoms with Crippen molar-refractivity contribution in [1.82, 2.24) is 10.2 Å². The van der Waals surface area contributed by atoms with Crippen molar-refractivity contribution in [2.75, 3.05) is 13.1 Å². The number of rotatable bonds is 1. The van der Waals surface area contributed by atoms with Crippen LogP contribution in [0, 0.1) is 5.41 Å². The van der Waals surface area contributed by atoms with Gasteiger partial charge in [0.1, 0.15) is 0 Å². The van der Waals surface area contributed by atoms with Gasteiger partial charge in [-0.3, -0.25) is 4.90 Å². The number of piperidine rings is 1. The summed E-state index contributed by atoms with van der Waals surface area (Å²) in [7, 11) is 0. The van der Waals surface area contributed by atoms with E-state index in [9.17, 15) is 10.2 Å². The van der Waals surface area contributed by atoms with Gasteiger partial charge in [-0.05, 0) is 85.5 Å². The molecule has 2 rings (SSSR count). The maximum Gasteiger partial charge on any atom is 0.0564 e. The molecule has 4 nitrogen and oxygen atoms in total. The first kappa shape index (κ1) is 27.8. The van der Waals surface area contributed by atoms with Crippen LogP contribution in [0.1, 0.15) is 108 Å². The van der Waals surface area contributed by atoms with Gasteiger partial charge in [0, 0.05) is 30.2 Å². The van der Waals surface area contributed by atoms with Crippen LogP contribution in [0.15, 0.2) is 0 Å². The van der Waals surface area contributed by atoms with E-state index >= 15 is 0 Å². The predicted molar refractivity (Wildman–Crippen MR) is 123 cm³/mol. The first-order valence-electron chi connectivity index (χ1n) is 11.4. The standard InChI is InChI=1S/C10H21NO.C9H19NO.C5H12/c1-10(2,3)11-8-4-6-9(12)7-5-8;1-9(2,3)10-6-4-8(11)5-7-10;1-5(2,3)4/h8-9,11-12H,4-7H2,1-3H3;8,11H,4-7H2,1-3H3;1-4H3. The van der Waals surface area contributed by atoms with Crippen molar-refractivity contribution >= 4 is 0 Å². The third kappa shape index (κ3) is 16.8. The van der Waals surface area contributed by atoms with Crippen LogP contribution in [-0.2, 0) is 0 Å². The molecule has 4 heteroatoms. The number of nitrogens with zero attached hydrogens (tertiary/aromatic N) is 1.